The molecule has 6 heteroatoms. The lowest BCUT2D eigenvalue weighted by Gasteiger charge is -2.13. The van der Waals surface area contributed by atoms with Crippen LogP contribution in [0.25, 0.3) is 0 Å². The van der Waals surface area contributed by atoms with Gasteiger partial charge in [0.2, 0.25) is 0 Å². The molecule has 2 rings (SSSR count). The minimum atomic E-state index is -0.207. The number of rotatable bonds is 9. The van der Waals surface area contributed by atoms with Crippen LogP contribution in [0.5, 0.6) is 11.5 Å². The quantitative estimate of drug-likeness (QED) is 0.690. The zero-order valence-electron chi connectivity index (χ0n) is 15.2. The number of halogens is 1. The second kappa shape index (κ2) is 10.6. The van der Waals surface area contributed by atoms with E-state index in [2.05, 4.69) is 10.6 Å². The van der Waals surface area contributed by atoms with Crippen molar-refractivity contribution in [3.05, 3.63) is 58.6 Å². The highest BCUT2D eigenvalue weighted by molar-refractivity contribution is 6.30. The third kappa shape index (κ3) is 6.48. The number of benzene rings is 2. The van der Waals surface area contributed by atoms with Crippen molar-refractivity contribution in [1.82, 2.24) is 10.6 Å². The summed E-state index contributed by atoms with van der Waals surface area (Å²) in [6.45, 7) is 6.01. The van der Waals surface area contributed by atoms with Crippen LogP contribution >= 0.6 is 11.6 Å². The van der Waals surface area contributed by atoms with E-state index in [4.69, 9.17) is 21.1 Å². The summed E-state index contributed by atoms with van der Waals surface area (Å²) >= 11 is 5.93. The number of urea groups is 1. The van der Waals surface area contributed by atoms with E-state index in [1.165, 1.54) is 0 Å². The lowest BCUT2D eigenvalue weighted by atomic mass is 10.1. The summed E-state index contributed by atoms with van der Waals surface area (Å²) in [5.74, 6) is 1.47. The molecule has 0 fully saturated rings. The summed E-state index contributed by atoms with van der Waals surface area (Å²) in [6, 6.07) is 13.1. The van der Waals surface area contributed by atoms with Crippen LogP contribution < -0.4 is 20.1 Å². The third-order valence-corrected chi connectivity index (χ3v) is 3.88. The molecule has 0 spiro atoms. The monoisotopic (exact) mass is 376 g/mol. The molecule has 2 amide bonds. The SMILES string of the molecule is CCOc1ccc(CCNC(=O)NCc2cccc(Cl)c2)cc1OCC. The standard InChI is InChI=1S/C20H25ClN2O3/c1-3-25-18-9-8-15(13-19(18)26-4-2)10-11-22-20(24)23-14-16-6-5-7-17(21)12-16/h5-9,12-13H,3-4,10-11,14H2,1-2H3,(H2,22,23,24). The predicted octanol–water partition coefficient (Wildman–Crippen LogP) is 4.18. The first kappa shape index (κ1) is 19.9. The minimum absolute atomic E-state index is 0.207. The van der Waals surface area contributed by atoms with Crippen molar-refractivity contribution in [1.29, 1.82) is 0 Å². The lowest BCUT2D eigenvalue weighted by molar-refractivity contribution is 0.240. The van der Waals surface area contributed by atoms with Gasteiger partial charge in [-0.3, -0.25) is 0 Å². The van der Waals surface area contributed by atoms with Gasteiger partial charge in [-0.05, 0) is 55.7 Å². The van der Waals surface area contributed by atoms with Gasteiger partial charge >= 0.3 is 6.03 Å². The number of nitrogens with one attached hydrogen (secondary N) is 2. The maximum Gasteiger partial charge on any atom is 0.315 e. The number of hydrogen-bond acceptors (Lipinski definition) is 3. The molecular weight excluding hydrogens is 352 g/mol. The van der Waals surface area contributed by atoms with E-state index in [-0.39, 0.29) is 6.03 Å². The van der Waals surface area contributed by atoms with Gasteiger partial charge in [-0.15, -0.1) is 0 Å². The van der Waals surface area contributed by atoms with Crippen molar-refractivity contribution >= 4 is 17.6 Å². The molecule has 26 heavy (non-hydrogen) atoms. The fourth-order valence-corrected chi connectivity index (χ4v) is 2.68. The number of hydrogen-bond donors (Lipinski definition) is 2. The number of carbonyl (C=O) groups excluding carboxylic acids is 1. The first-order chi connectivity index (χ1) is 12.6. The topological polar surface area (TPSA) is 59.6 Å². The molecule has 0 aliphatic carbocycles. The van der Waals surface area contributed by atoms with Gasteiger partial charge in [0, 0.05) is 18.1 Å². The van der Waals surface area contributed by atoms with E-state index in [1.54, 1.807) is 6.07 Å². The number of carbonyl (C=O) groups is 1. The van der Waals surface area contributed by atoms with Gasteiger partial charge in [0.05, 0.1) is 13.2 Å². The Bertz CT molecular complexity index is 722. The van der Waals surface area contributed by atoms with Crippen LogP contribution in [0, 0.1) is 0 Å². The van der Waals surface area contributed by atoms with Crippen molar-refractivity contribution in [3.63, 3.8) is 0 Å². The molecule has 0 saturated carbocycles. The first-order valence-electron chi connectivity index (χ1n) is 8.77. The molecule has 0 atom stereocenters. The maximum atomic E-state index is 11.9. The largest absolute Gasteiger partial charge is 0.490 e. The first-order valence-corrected chi connectivity index (χ1v) is 9.14. The fourth-order valence-electron chi connectivity index (χ4n) is 2.46. The average Bonchev–Trinajstić information content (AvgIpc) is 2.62. The molecule has 0 unspecified atom stereocenters. The van der Waals surface area contributed by atoms with Crippen LogP contribution in [0.3, 0.4) is 0 Å². The molecule has 0 aliphatic rings. The predicted molar refractivity (Wildman–Crippen MR) is 104 cm³/mol. The Morgan fingerprint density at radius 1 is 0.962 bits per heavy atom. The minimum Gasteiger partial charge on any atom is -0.490 e. The molecule has 0 bridgehead atoms. The number of amides is 2. The van der Waals surface area contributed by atoms with Gasteiger partial charge in [-0.1, -0.05) is 29.8 Å². The van der Waals surface area contributed by atoms with Crippen LogP contribution in [-0.4, -0.2) is 25.8 Å². The van der Waals surface area contributed by atoms with Crippen molar-refractivity contribution in [3.8, 4) is 11.5 Å². The van der Waals surface area contributed by atoms with Crippen LogP contribution in [0.15, 0.2) is 42.5 Å². The molecule has 0 aromatic heterocycles. The van der Waals surface area contributed by atoms with Gasteiger partial charge in [0.25, 0.3) is 0 Å². The van der Waals surface area contributed by atoms with E-state index in [0.29, 0.717) is 37.7 Å². The summed E-state index contributed by atoms with van der Waals surface area (Å²) < 4.78 is 11.2. The zero-order chi connectivity index (χ0) is 18.8. The highest BCUT2D eigenvalue weighted by Crippen LogP contribution is 2.28. The molecule has 5 nitrogen and oxygen atoms in total. The Morgan fingerprint density at radius 3 is 2.46 bits per heavy atom. The molecule has 0 radical (unpaired) electrons. The summed E-state index contributed by atoms with van der Waals surface area (Å²) in [5.41, 5.74) is 2.03. The average molecular weight is 377 g/mol. The van der Waals surface area contributed by atoms with E-state index >= 15 is 0 Å². The Labute approximate surface area is 159 Å². The Balaban J connectivity index is 1.79. The molecule has 0 saturated heterocycles. The molecule has 0 heterocycles. The van der Waals surface area contributed by atoms with Crippen LogP contribution in [0.4, 0.5) is 4.79 Å². The molecule has 2 N–H and O–H groups in total. The van der Waals surface area contributed by atoms with E-state index in [0.717, 1.165) is 22.6 Å². The van der Waals surface area contributed by atoms with Crippen molar-refractivity contribution in [2.75, 3.05) is 19.8 Å². The van der Waals surface area contributed by atoms with Gasteiger partial charge in [0.15, 0.2) is 11.5 Å². The van der Waals surface area contributed by atoms with E-state index < -0.39 is 0 Å². The summed E-state index contributed by atoms with van der Waals surface area (Å²) in [6.07, 6.45) is 0.705. The highest BCUT2D eigenvalue weighted by atomic mass is 35.5. The zero-order valence-corrected chi connectivity index (χ0v) is 15.9. The molecule has 2 aromatic rings. The highest BCUT2D eigenvalue weighted by Gasteiger charge is 2.07. The second-order valence-electron chi connectivity index (χ2n) is 5.64. The van der Waals surface area contributed by atoms with Crippen molar-refractivity contribution in [2.45, 2.75) is 26.8 Å². The van der Waals surface area contributed by atoms with Crippen molar-refractivity contribution in [2.24, 2.45) is 0 Å². The second-order valence-corrected chi connectivity index (χ2v) is 6.07. The summed E-state index contributed by atoms with van der Waals surface area (Å²) in [5, 5.41) is 6.33. The Morgan fingerprint density at radius 2 is 1.73 bits per heavy atom. The van der Waals surface area contributed by atoms with Crippen LogP contribution in [0.1, 0.15) is 25.0 Å². The van der Waals surface area contributed by atoms with E-state index in [9.17, 15) is 4.79 Å². The van der Waals surface area contributed by atoms with Gasteiger partial charge in [0.1, 0.15) is 0 Å². The Kier molecular flexibility index (Phi) is 8.09. The van der Waals surface area contributed by atoms with E-state index in [1.807, 2.05) is 50.2 Å². The van der Waals surface area contributed by atoms with Crippen LogP contribution in [0.2, 0.25) is 5.02 Å². The number of ether oxygens (including phenoxy) is 2. The molecule has 140 valence electrons. The summed E-state index contributed by atoms with van der Waals surface area (Å²) in [7, 11) is 0. The maximum absolute atomic E-state index is 11.9. The fraction of sp³-hybridized carbons (Fsp3) is 0.350. The molecular formula is C20H25ClN2O3. The van der Waals surface area contributed by atoms with Gasteiger partial charge in [-0.2, -0.15) is 0 Å². The van der Waals surface area contributed by atoms with Crippen LogP contribution in [-0.2, 0) is 13.0 Å². The Hall–Kier alpha value is -2.40. The smallest absolute Gasteiger partial charge is 0.315 e. The van der Waals surface area contributed by atoms with Crippen molar-refractivity contribution < 1.29 is 14.3 Å². The normalized spacial score (nSPS) is 10.3. The lowest BCUT2D eigenvalue weighted by Crippen LogP contribution is -2.36. The third-order valence-electron chi connectivity index (χ3n) is 3.65. The molecule has 0 aliphatic heterocycles. The molecule has 2 aromatic carbocycles. The summed E-state index contributed by atoms with van der Waals surface area (Å²) in [4.78, 5) is 11.9. The van der Waals surface area contributed by atoms with Gasteiger partial charge in [-0.25, -0.2) is 4.79 Å². The van der Waals surface area contributed by atoms with Gasteiger partial charge < -0.3 is 20.1 Å².